The van der Waals surface area contributed by atoms with Crippen molar-refractivity contribution in [3.05, 3.63) is 77.4 Å². The number of carbonyl (C=O) groups is 2. The van der Waals surface area contributed by atoms with Gasteiger partial charge < -0.3 is 15.0 Å². The minimum atomic E-state index is -0.770. The van der Waals surface area contributed by atoms with Crippen molar-refractivity contribution in [3.8, 4) is 10.6 Å². The zero-order chi connectivity index (χ0) is 20.9. The SMILES string of the molecule is COC(=O)C(Cc1c[nH]c2ccccc12)NC(=O)Cc1csc(-c2ccccc2)n1. The third-order valence-electron chi connectivity index (χ3n) is 4.83. The van der Waals surface area contributed by atoms with Crippen LogP contribution >= 0.6 is 11.3 Å². The number of thiazole rings is 1. The number of amides is 1. The molecule has 2 N–H and O–H groups in total. The molecule has 0 spiro atoms. The lowest BCUT2D eigenvalue weighted by Crippen LogP contribution is -2.43. The van der Waals surface area contributed by atoms with Crippen molar-refractivity contribution < 1.29 is 14.3 Å². The Morgan fingerprint density at radius 1 is 1.13 bits per heavy atom. The number of nitrogens with zero attached hydrogens (tertiary/aromatic N) is 1. The number of carbonyl (C=O) groups excluding carboxylic acids is 2. The summed E-state index contributed by atoms with van der Waals surface area (Å²) in [5, 5.41) is 6.56. The Labute approximate surface area is 177 Å². The molecule has 152 valence electrons. The zero-order valence-electron chi connectivity index (χ0n) is 16.4. The van der Waals surface area contributed by atoms with Crippen LogP contribution in [-0.4, -0.2) is 35.0 Å². The lowest BCUT2D eigenvalue weighted by Gasteiger charge is -2.16. The van der Waals surface area contributed by atoms with Crippen molar-refractivity contribution in [2.24, 2.45) is 0 Å². The summed E-state index contributed by atoms with van der Waals surface area (Å²) in [5.74, 6) is -0.743. The van der Waals surface area contributed by atoms with Crippen molar-refractivity contribution in [2.75, 3.05) is 7.11 Å². The van der Waals surface area contributed by atoms with Gasteiger partial charge in [0.1, 0.15) is 11.0 Å². The fourth-order valence-electron chi connectivity index (χ4n) is 3.37. The monoisotopic (exact) mass is 419 g/mol. The number of nitrogens with one attached hydrogen (secondary N) is 2. The third-order valence-corrected chi connectivity index (χ3v) is 5.77. The second kappa shape index (κ2) is 8.92. The number of rotatable bonds is 7. The maximum atomic E-state index is 12.6. The molecule has 7 heteroatoms. The Bertz CT molecular complexity index is 1170. The van der Waals surface area contributed by atoms with Crippen LogP contribution in [0.3, 0.4) is 0 Å². The molecule has 0 aliphatic heterocycles. The number of aromatic amines is 1. The summed E-state index contributed by atoms with van der Waals surface area (Å²) in [7, 11) is 1.32. The van der Waals surface area contributed by atoms with Gasteiger partial charge in [0.05, 0.1) is 19.2 Å². The minimum absolute atomic E-state index is 0.102. The summed E-state index contributed by atoms with van der Waals surface area (Å²) in [6.07, 6.45) is 2.30. The molecule has 1 amide bonds. The van der Waals surface area contributed by atoms with Gasteiger partial charge in [-0.05, 0) is 11.6 Å². The number of hydrogen-bond acceptors (Lipinski definition) is 5. The van der Waals surface area contributed by atoms with E-state index in [1.54, 1.807) is 0 Å². The summed E-state index contributed by atoms with van der Waals surface area (Å²) < 4.78 is 4.91. The van der Waals surface area contributed by atoms with Crippen LogP contribution in [0, 0.1) is 0 Å². The lowest BCUT2D eigenvalue weighted by molar-refractivity contribution is -0.145. The van der Waals surface area contributed by atoms with Gasteiger partial charge in [0.15, 0.2) is 0 Å². The number of benzene rings is 2. The predicted octanol–water partition coefficient (Wildman–Crippen LogP) is 3.73. The number of hydrogen-bond donors (Lipinski definition) is 2. The first-order chi connectivity index (χ1) is 14.6. The highest BCUT2D eigenvalue weighted by Crippen LogP contribution is 2.23. The third kappa shape index (κ3) is 4.41. The number of para-hydroxylation sites is 1. The average molecular weight is 420 g/mol. The zero-order valence-corrected chi connectivity index (χ0v) is 17.2. The molecule has 6 nitrogen and oxygen atoms in total. The van der Waals surface area contributed by atoms with Gasteiger partial charge >= 0.3 is 5.97 Å². The number of methoxy groups -OCH3 is 1. The molecule has 2 aromatic carbocycles. The van der Waals surface area contributed by atoms with E-state index in [1.165, 1.54) is 18.4 Å². The van der Waals surface area contributed by atoms with Crippen LogP contribution in [0.4, 0.5) is 0 Å². The molecule has 0 saturated heterocycles. The van der Waals surface area contributed by atoms with Crippen molar-refractivity contribution in [2.45, 2.75) is 18.9 Å². The molecule has 2 aromatic heterocycles. The van der Waals surface area contributed by atoms with Gasteiger partial charge in [0, 0.05) is 34.5 Å². The lowest BCUT2D eigenvalue weighted by atomic mass is 10.0. The summed E-state index contributed by atoms with van der Waals surface area (Å²) in [5.41, 5.74) is 3.62. The topological polar surface area (TPSA) is 84.1 Å². The largest absolute Gasteiger partial charge is 0.467 e. The first-order valence-corrected chi connectivity index (χ1v) is 10.4. The minimum Gasteiger partial charge on any atom is -0.467 e. The highest BCUT2D eigenvalue weighted by molar-refractivity contribution is 7.13. The van der Waals surface area contributed by atoms with Crippen LogP contribution in [-0.2, 0) is 27.2 Å². The number of esters is 1. The van der Waals surface area contributed by atoms with Crippen LogP contribution in [0.5, 0.6) is 0 Å². The molecular weight excluding hydrogens is 398 g/mol. The molecule has 0 saturated carbocycles. The van der Waals surface area contributed by atoms with Crippen molar-refractivity contribution in [3.63, 3.8) is 0 Å². The van der Waals surface area contributed by atoms with Crippen molar-refractivity contribution >= 4 is 34.1 Å². The first kappa shape index (κ1) is 19.8. The quantitative estimate of drug-likeness (QED) is 0.447. The number of aromatic nitrogens is 2. The summed E-state index contributed by atoms with van der Waals surface area (Å²) in [6.45, 7) is 0. The van der Waals surface area contributed by atoms with Crippen LogP contribution in [0.2, 0.25) is 0 Å². The van der Waals surface area contributed by atoms with Gasteiger partial charge in [0.25, 0.3) is 0 Å². The summed E-state index contributed by atoms with van der Waals surface area (Å²) in [6, 6.07) is 16.9. The molecule has 0 bridgehead atoms. The van der Waals surface area contributed by atoms with Gasteiger partial charge in [-0.1, -0.05) is 48.5 Å². The fraction of sp³-hybridized carbons (Fsp3) is 0.174. The second-order valence-corrected chi connectivity index (χ2v) is 7.75. The fourth-order valence-corrected chi connectivity index (χ4v) is 4.19. The van der Waals surface area contributed by atoms with E-state index in [9.17, 15) is 9.59 Å². The maximum Gasteiger partial charge on any atom is 0.328 e. The Kier molecular flexibility index (Phi) is 5.90. The number of H-pyrrole nitrogens is 1. The van der Waals surface area contributed by atoms with Gasteiger partial charge in [0.2, 0.25) is 5.91 Å². The van der Waals surface area contributed by atoms with Crippen molar-refractivity contribution in [1.29, 1.82) is 0 Å². The Hall–Kier alpha value is -3.45. The van der Waals surface area contributed by atoms with Gasteiger partial charge in [-0.25, -0.2) is 9.78 Å². The summed E-state index contributed by atoms with van der Waals surface area (Å²) in [4.78, 5) is 32.6. The van der Waals surface area contributed by atoms with E-state index in [4.69, 9.17) is 4.74 Å². The molecule has 4 aromatic rings. The van der Waals surface area contributed by atoms with Gasteiger partial charge in [-0.15, -0.1) is 11.3 Å². The molecule has 0 radical (unpaired) electrons. The highest BCUT2D eigenvalue weighted by Gasteiger charge is 2.23. The molecule has 4 rings (SSSR count). The predicted molar refractivity (Wildman–Crippen MR) is 117 cm³/mol. The molecule has 30 heavy (non-hydrogen) atoms. The second-order valence-electron chi connectivity index (χ2n) is 6.89. The van der Waals surface area contributed by atoms with E-state index in [-0.39, 0.29) is 12.3 Å². The van der Waals surface area contributed by atoms with Crippen LogP contribution in [0.25, 0.3) is 21.5 Å². The van der Waals surface area contributed by atoms with Gasteiger partial charge in [-0.2, -0.15) is 0 Å². The first-order valence-electron chi connectivity index (χ1n) is 9.56. The molecule has 0 aliphatic carbocycles. The maximum absolute atomic E-state index is 12.6. The molecular formula is C23H21N3O3S. The average Bonchev–Trinajstić information content (AvgIpc) is 3.41. The normalized spacial score (nSPS) is 11.9. The van der Waals surface area contributed by atoms with E-state index >= 15 is 0 Å². The molecule has 0 aliphatic rings. The Morgan fingerprint density at radius 3 is 2.70 bits per heavy atom. The van der Waals surface area contributed by atoms with Crippen molar-refractivity contribution in [1.82, 2.24) is 15.3 Å². The van der Waals surface area contributed by atoms with E-state index in [0.717, 1.165) is 27.0 Å². The van der Waals surface area contributed by atoms with E-state index in [2.05, 4.69) is 15.3 Å². The van der Waals surface area contributed by atoms with E-state index < -0.39 is 12.0 Å². The highest BCUT2D eigenvalue weighted by atomic mass is 32.1. The Morgan fingerprint density at radius 2 is 1.90 bits per heavy atom. The summed E-state index contributed by atoms with van der Waals surface area (Å²) >= 11 is 1.49. The van der Waals surface area contributed by atoms with E-state index in [1.807, 2.05) is 66.2 Å². The van der Waals surface area contributed by atoms with Crippen LogP contribution < -0.4 is 5.32 Å². The molecule has 0 fully saturated rings. The molecule has 1 atom stereocenters. The number of ether oxygens (including phenoxy) is 1. The van der Waals surface area contributed by atoms with Crippen LogP contribution in [0.1, 0.15) is 11.3 Å². The Balaban J connectivity index is 1.45. The molecule has 1 unspecified atom stereocenters. The van der Waals surface area contributed by atoms with E-state index in [0.29, 0.717) is 12.1 Å². The molecule has 2 heterocycles. The standard InChI is InChI=1S/C23H21N3O3S/c1-29-23(28)20(11-16-13-24-19-10-6-5-9-18(16)19)26-21(27)12-17-14-30-22(25-17)15-7-3-2-4-8-15/h2-10,13-14,20,24H,11-12H2,1H3,(H,26,27). The number of fused-ring (bicyclic) bond motifs is 1. The van der Waals surface area contributed by atoms with Gasteiger partial charge in [-0.3, -0.25) is 4.79 Å². The smallest absolute Gasteiger partial charge is 0.328 e. The van der Waals surface area contributed by atoms with Crippen LogP contribution in [0.15, 0.2) is 66.2 Å².